The molecule has 3 heterocycles. The minimum Gasteiger partial charge on any atom is -0.490 e. The third kappa shape index (κ3) is 6.04. The Morgan fingerprint density at radius 2 is 1.62 bits per heavy atom. The highest BCUT2D eigenvalue weighted by atomic mass is 32.1. The Morgan fingerprint density at radius 1 is 0.897 bits per heavy atom. The lowest BCUT2D eigenvalue weighted by atomic mass is 9.79. The van der Waals surface area contributed by atoms with E-state index in [1.165, 1.54) is 50.5 Å². The summed E-state index contributed by atoms with van der Waals surface area (Å²) < 4.78 is 6.13. The number of piperidine rings is 1. The molecule has 1 aromatic heterocycles. The molecule has 39 heavy (non-hydrogen) atoms. The predicted octanol–water partition coefficient (Wildman–Crippen LogP) is 5.90. The second kappa shape index (κ2) is 12.0. The van der Waals surface area contributed by atoms with Crippen LogP contribution in [-0.4, -0.2) is 52.4 Å². The second-order valence-corrected chi connectivity index (χ2v) is 13.3. The van der Waals surface area contributed by atoms with Crippen LogP contribution in [0.2, 0.25) is 0 Å². The number of hydrogen-bond donors (Lipinski definition) is 1. The van der Waals surface area contributed by atoms with Crippen molar-refractivity contribution in [2.24, 2.45) is 5.92 Å². The Labute approximate surface area is 237 Å². The predicted molar refractivity (Wildman–Crippen MR) is 155 cm³/mol. The minimum absolute atomic E-state index is 0.0625. The number of amides is 2. The summed E-state index contributed by atoms with van der Waals surface area (Å²) in [6.07, 6.45) is 13.5. The van der Waals surface area contributed by atoms with E-state index in [2.05, 4.69) is 45.9 Å². The van der Waals surface area contributed by atoms with Gasteiger partial charge in [0, 0.05) is 24.5 Å². The molecule has 4 fully saturated rings. The molecule has 2 aliphatic carbocycles. The number of piperazine rings is 1. The molecule has 6 nitrogen and oxygen atoms in total. The molecule has 210 valence electrons. The fourth-order valence-corrected chi connectivity index (χ4v) is 7.98. The molecule has 2 aliphatic heterocycles. The van der Waals surface area contributed by atoms with Crippen molar-refractivity contribution in [1.29, 1.82) is 0 Å². The summed E-state index contributed by atoms with van der Waals surface area (Å²) in [5.74, 6) is 1.70. The van der Waals surface area contributed by atoms with E-state index in [-0.39, 0.29) is 17.9 Å². The van der Waals surface area contributed by atoms with Crippen molar-refractivity contribution >= 4 is 23.2 Å². The average molecular weight is 550 g/mol. The number of carbonyl (C=O) groups excluding carboxylic acids is 2. The van der Waals surface area contributed by atoms with Crippen molar-refractivity contribution in [1.82, 2.24) is 15.1 Å². The maximum absolute atomic E-state index is 14.0. The number of thiophene rings is 1. The van der Waals surface area contributed by atoms with E-state index < -0.39 is 5.54 Å². The van der Waals surface area contributed by atoms with Gasteiger partial charge in [0.15, 0.2) is 0 Å². The quantitative estimate of drug-likeness (QED) is 0.445. The SMILES string of the molecule is O=C1C(CC2CCCCC2)NC(=O)C2(CCN(Cc3ccc(OC4CCCC4)cc3)CC2)N1Cc1cccs1. The molecular weight excluding hydrogens is 506 g/mol. The van der Waals surface area contributed by atoms with Crippen LogP contribution in [-0.2, 0) is 22.7 Å². The molecule has 1 unspecified atom stereocenters. The molecule has 7 heteroatoms. The first-order valence-electron chi connectivity index (χ1n) is 15.2. The van der Waals surface area contributed by atoms with Crippen LogP contribution < -0.4 is 10.1 Å². The van der Waals surface area contributed by atoms with Gasteiger partial charge in [0.25, 0.3) is 0 Å². The van der Waals surface area contributed by atoms with E-state index in [1.807, 2.05) is 11.0 Å². The topological polar surface area (TPSA) is 61.9 Å². The van der Waals surface area contributed by atoms with E-state index in [0.717, 1.165) is 49.5 Å². The molecule has 0 bridgehead atoms. The summed E-state index contributed by atoms with van der Waals surface area (Å²) in [4.78, 5) is 33.3. The molecule has 2 amide bonds. The molecule has 2 aromatic rings. The van der Waals surface area contributed by atoms with Gasteiger partial charge in [-0.1, -0.05) is 50.3 Å². The Bertz CT molecular complexity index is 1100. The molecule has 2 saturated heterocycles. The zero-order valence-electron chi connectivity index (χ0n) is 23.1. The maximum Gasteiger partial charge on any atom is 0.246 e. The molecule has 1 N–H and O–H groups in total. The van der Waals surface area contributed by atoms with Crippen LogP contribution in [0.15, 0.2) is 41.8 Å². The highest BCUT2D eigenvalue weighted by molar-refractivity contribution is 7.09. The minimum atomic E-state index is -0.750. The van der Waals surface area contributed by atoms with Gasteiger partial charge in [0.2, 0.25) is 11.8 Å². The lowest BCUT2D eigenvalue weighted by Crippen LogP contribution is -2.72. The Hall–Kier alpha value is -2.38. The van der Waals surface area contributed by atoms with Gasteiger partial charge in [0.1, 0.15) is 17.3 Å². The summed E-state index contributed by atoms with van der Waals surface area (Å²) in [5.41, 5.74) is 0.511. The monoisotopic (exact) mass is 549 g/mol. The third-order valence-electron chi connectivity index (χ3n) is 9.61. The molecule has 0 radical (unpaired) electrons. The molecule has 1 spiro atoms. The first kappa shape index (κ1) is 26.8. The summed E-state index contributed by atoms with van der Waals surface area (Å²) in [7, 11) is 0. The Kier molecular flexibility index (Phi) is 8.26. The van der Waals surface area contributed by atoms with Crippen molar-refractivity contribution in [3.8, 4) is 5.75 Å². The molecule has 1 atom stereocenters. The summed E-state index contributed by atoms with van der Waals surface area (Å²) in [6, 6.07) is 12.3. The van der Waals surface area contributed by atoms with Crippen LogP contribution in [0.1, 0.15) is 87.5 Å². The lowest BCUT2D eigenvalue weighted by Gasteiger charge is -2.52. The van der Waals surface area contributed by atoms with E-state index >= 15 is 0 Å². The van der Waals surface area contributed by atoms with Crippen LogP contribution in [0.3, 0.4) is 0 Å². The summed E-state index contributed by atoms with van der Waals surface area (Å²) in [5, 5.41) is 5.28. The number of hydrogen-bond acceptors (Lipinski definition) is 5. The van der Waals surface area contributed by atoms with Gasteiger partial charge >= 0.3 is 0 Å². The Balaban J connectivity index is 1.11. The van der Waals surface area contributed by atoms with E-state index in [9.17, 15) is 9.59 Å². The molecule has 6 rings (SSSR count). The third-order valence-corrected chi connectivity index (χ3v) is 10.5. The van der Waals surface area contributed by atoms with Crippen LogP contribution in [0.5, 0.6) is 5.75 Å². The van der Waals surface area contributed by atoms with Gasteiger partial charge in [-0.3, -0.25) is 14.5 Å². The van der Waals surface area contributed by atoms with Crippen LogP contribution in [0, 0.1) is 5.92 Å². The van der Waals surface area contributed by atoms with Gasteiger partial charge in [-0.2, -0.15) is 0 Å². The fourth-order valence-electron chi connectivity index (χ4n) is 7.29. The first-order chi connectivity index (χ1) is 19.1. The lowest BCUT2D eigenvalue weighted by molar-refractivity contribution is -0.162. The number of nitrogens with one attached hydrogen (secondary N) is 1. The largest absolute Gasteiger partial charge is 0.490 e. The van der Waals surface area contributed by atoms with Crippen molar-refractivity contribution in [2.75, 3.05) is 13.1 Å². The van der Waals surface area contributed by atoms with Crippen molar-refractivity contribution < 1.29 is 14.3 Å². The standard InChI is InChI=1S/C32H43N3O3S/c36-30-29(21-24-7-2-1-3-8-24)33-31(37)32(35(30)23-28-11-6-20-39-28)16-18-34(19-17-32)22-25-12-14-27(15-13-25)38-26-9-4-5-10-26/h6,11-15,20,24,26,29H,1-5,7-10,16-19,21-23H2,(H,33,37). The van der Waals surface area contributed by atoms with Gasteiger partial charge in [0.05, 0.1) is 12.6 Å². The van der Waals surface area contributed by atoms with Gasteiger partial charge in [-0.25, -0.2) is 0 Å². The number of rotatable bonds is 8. The first-order valence-corrected chi connectivity index (χ1v) is 16.1. The van der Waals surface area contributed by atoms with Gasteiger partial charge in [-0.15, -0.1) is 11.3 Å². The molecular formula is C32H43N3O3S. The van der Waals surface area contributed by atoms with E-state index in [4.69, 9.17) is 4.74 Å². The Morgan fingerprint density at radius 3 is 2.31 bits per heavy atom. The van der Waals surface area contributed by atoms with Crippen molar-refractivity contribution in [2.45, 2.75) is 108 Å². The van der Waals surface area contributed by atoms with E-state index in [0.29, 0.717) is 31.4 Å². The normalized spacial score (nSPS) is 24.8. The second-order valence-electron chi connectivity index (χ2n) is 12.2. The summed E-state index contributed by atoms with van der Waals surface area (Å²) >= 11 is 1.67. The number of carbonyl (C=O) groups is 2. The molecule has 1 aromatic carbocycles. The fraction of sp³-hybridized carbons (Fsp3) is 0.625. The highest BCUT2D eigenvalue weighted by Crippen LogP contribution is 2.37. The average Bonchev–Trinajstić information content (AvgIpc) is 3.67. The van der Waals surface area contributed by atoms with Gasteiger partial charge in [-0.05, 0) is 80.0 Å². The number of likely N-dealkylation sites (tertiary alicyclic amines) is 1. The molecule has 2 saturated carbocycles. The number of benzene rings is 1. The highest BCUT2D eigenvalue weighted by Gasteiger charge is 2.53. The number of nitrogens with zero attached hydrogens (tertiary/aromatic N) is 2. The maximum atomic E-state index is 14.0. The van der Waals surface area contributed by atoms with Crippen molar-refractivity contribution in [3.63, 3.8) is 0 Å². The number of ether oxygens (including phenoxy) is 1. The van der Waals surface area contributed by atoms with E-state index in [1.54, 1.807) is 11.3 Å². The zero-order valence-corrected chi connectivity index (χ0v) is 23.9. The zero-order chi connectivity index (χ0) is 26.7. The smallest absolute Gasteiger partial charge is 0.246 e. The van der Waals surface area contributed by atoms with Crippen LogP contribution >= 0.6 is 11.3 Å². The van der Waals surface area contributed by atoms with Crippen LogP contribution in [0.4, 0.5) is 0 Å². The van der Waals surface area contributed by atoms with Crippen molar-refractivity contribution in [3.05, 3.63) is 52.2 Å². The van der Waals surface area contributed by atoms with Gasteiger partial charge < -0.3 is 15.0 Å². The summed E-state index contributed by atoms with van der Waals surface area (Å²) in [6.45, 7) is 2.99. The molecule has 4 aliphatic rings. The van der Waals surface area contributed by atoms with Crippen LogP contribution in [0.25, 0.3) is 0 Å².